The Labute approximate surface area is 454 Å². The predicted molar refractivity (Wildman–Crippen MR) is 333 cm³/mol. The maximum Gasteiger partial charge on any atom is 0.0641 e. The van der Waals surface area contributed by atoms with Crippen molar-refractivity contribution in [1.82, 2.24) is 8.80 Å². The van der Waals surface area contributed by atoms with Crippen LogP contribution in [0.3, 0.4) is 0 Å². The first kappa shape index (κ1) is 46.0. The van der Waals surface area contributed by atoms with Crippen molar-refractivity contribution in [3.63, 3.8) is 0 Å². The molecule has 4 heterocycles. The SMILES string of the molecule is CC(C)(C)c1cccc(-c2ccccc2)c1N(c1ccccc1)c1ccc2c3cc4c(cc3n3c5ccccc5c1c23)c1ccc(N(c2ccccc2)c2c(-c3ccccc3)cccc2C(C)(C)C)c2c3ccccc3n4c12. The molecule has 4 nitrogen and oxygen atoms in total. The molecule has 0 aliphatic heterocycles. The molecule has 0 saturated carbocycles. The lowest BCUT2D eigenvalue weighted by Crippen LogP contribution is -2.20. The first-order chi connectivity index (χ1) is 38.0. The van der Waals surface area contributed by atoms with Crippen molar-refractivity contribution in [3.8, 4) is 22.3 Å². The molecule has 0 saturated heterocycles. The minimum atomic E-state index is -0.155. The summed E-state index contributed by atoms with van der Waals surface area (Å²) in [6.07, 6.45) is 0. The summed E-state index contributed by atoms with van der Waals surface area (Å²) >= 11 is 0. The number of nitrogens with zero attached hydrogens (tertiary/aromatic N) is 4. The van der Waals surface area contributed by atoms with E-state index in [1.54, 1.807) is 0 Å². The molecule has 0 aliphatic rings. The molecule has 0 unspecified atom stereocenters. The molecule has 11 aromatic carbocycles. The minimum Gasteiger partial charge on any atom is -0.309 e. The Morgan fingerprint density at radius 2 is 0.654 bits per heavy atom. The summed E-state index contributed by atoms with van der Waals surface area (Å²) in [5.74, 6) is 0. The summed E-state index contributed by atoms with van der Waals surface area (Å²) in [4.78, 5) is 5.11. The molecule has 0 fully saturated rings. The van der Waals surface area contributed by atoms with E-state index in [1.165, 1.54) is 121 Å². The van der Waals surface area contributed by atoms with E-state index in [0.29, 0.717) is 0 Å². The van der Waals surface area contributed by atoms with E-state index in [-0.39, 0.29) is 10.8 Å². The van der Waals surface area contributed by atoms with Gasteiger partial charge in [-0.05, 0) is 93.7 Å². The maximum atomic E-state index is 2.57. The zero-order valence-electron chi connectivity index (χ0n) is 44.9. The van der Waals surface area contributed by atoms with Gasteiger partial charge in [-0.1, -0.05) is 224 Å². The van der Waals surface area contributed by atoms with Crippen molar-refractivity contribution in [2.24, 2.45) is 0 Å². The van der Waals surface area contributed by atoms with Crippen LogP contribution in [0.4, 0.5) is 34.1 Å². The van der Waals surface area contributed by atoms with Crippen molar-refractivity contribution >= 4 is 110 Å². The van der Waals surface area contributed by atoms with Gasteiger partial charge in [0.2, 0.25) is 0 Å². The van der Waals surface area contributed by atoms with Crippen LogP contribution in [-0.4, -0.2) is 8.80 Å². The lowest BCUT2D eigenvalue weighted by Gasteiger charge is -2.34. The summed E-state index contributed by atoms with van der Waals surface area (Å²) in [6, 6.07) is 90.3. The standard InChI is InChI=1S/C74H58N4/c1-73(2,3)59-37-23-35-51(47-25-11-7-12-26-47)69(59)75(49-29-15-9-16-30-49)63-43-41-53-57-45-66-58(46-65(57)77-61-39-21-19-33-55(61)67(63)71(53)77)54-42-44-64(68-56-34-20-22-40-62(56)78(66)72(54)68)76(50-31-17-10-18-32-50)70-52(48-27-13-8-14-28-48)36-24-38-60(70)74(4,5)6/h7-46H,1-6H3. The molecule has 4 heteroatoms. The van der Waals surface area contributed by atoms with E-state index in [0.717, 1.165) is 22.7 Å². The molecule has 4 aromatic heterocycles. The van der Waals surface area contributed by atoms with Crippen molar-refractivity contribution < 1.29 is 0 Å². The quantitative estimate of drug-likeness (QED) is 0.151. The molecule has 0 aliphatic carbocycles. The average Bonchev–Trinajstić information content (AvgIpc) is 2.61. The first-order valence-corrected chi connectivity index (χ1v) is 27.4. The van der Waals surface area contributed by atoms with Gasteiger partial charge in [0.25, 0.3) is 0 Å². The highest BCUT2D eigenvalue weighted by atomic mass is 15.2. The van der Waals surface area contributed by atoms with Gasteiger partial charge in [-0.3, -0.25) is 0 Å². The Bertz CT molecular complexity index is 4480. The fourth-order valence-electron chi connectivity index (χ4n) is 13.3. The summed E-state index contributed by atoms with van der Waals surface area (Å²) in [5, 5.41) is 9.95. The third-order valence-corrected chi connectivity index (χ3v) is 16.6. The van der Waals surface area contributed by atoms with Gasteiger partial charge in [0, 0.05) is 65.6 Å². The largest absolute Gasteiger partial charge is 0.309 e. The van der Waals surface area contributed by atoms with Gasteiger partial charge < -0.3 is 18.6 Å². The maximum absolute atomic E-state index is 2.57. The summed E-state index contributed by atoms with van der Waals surface area (Å²) < 4.78 is 5.14. The molecule has 0 N–H and O–H groups in total. The van der Waals surface area contributed by atoms with Crippen LogP contribution in [0.5, 0.6) is 0 Å². The number of hydrogen-bond donors (Lipinski definition) is 0. The van der Waals surface area contributed by atoms with Gasteiger partial charge in [0.1, 0.15) is 0 Å². The Morgan fingerprint density at radius 1 is 0.295 bits per heavy atom. The highest BCUT2D eigenvalue weighted by molar-refractivity contribution is 6.32. The third kappa shape index (κ3) is 6.72. The number of aromatic nitrogens is 2. The van der Waals surface area contributed by atoms with Crippen LogP contribution in [0.1, 0.15) is 52.7 Å². The Morgan fingerprint density at radius 3 is 1.04 bits per heavy atom. The highest BCUT2D eigenvalue weighted by Crippen LogP contribution is 2.55. The number of fused-ring (bicyclic) bond motifs is 12. The zero-order valence-corrected chi connectivity index (χ0v) is 44.9. The van der Waals surface area contributed by atoms with E-state index in [9.17, 15) is 0 Å². The van der Waals surface area contributed by atoms with E-state index < -0.39 is 0 Å². The Balaban J connectivity index is 1.03. The summed E-state index contributed by atoms with van der Waals surface area (Å²) in [6.45, 7) is 14.0. The first-order valence-electron chi connectivity index (χ1n) is 27.4. The molecule has 78 heavy (non-hydrogen) atoms. The Hall–Kier alpha value is -9.38. The Kier molecular flexibility index (Phi) is 10.1. The fraction of sp³-hybridized carbons (Fsp3) is 0.108. The van der Waals surface area contributed by atoms with Crippen molar-refractivity contribution in [2.75, 3.05) is 9.80 Å². The molecule has 0 amide bonds. The monoisotopic (exact) mass is 1000 g/mol. The number of benzene rings is 11. The molecule has 15 aromatic rings. The number of anilines is 6. The molecular formula is C74H58N4. The van der Waals surface area contributed by atoms with Gasteiger partial charge >= 0.3 is 0 Å². The summed E-state index contributed by atoms with van der Waals surface area (Å²) in [7, 11) is 0. The van der Waals surface area contributed by atoms with Crippen molar-refractivity contribution in [2.45, 2.75) is 52.4 Å². The van der Waals surface area contributed by atoms with Crippen LogP contribution >= 0.6 is 0 Å². The molecular weight excluding hydrogens is 945 g/mol. The van der Waals surface area contributed by atoms with Gasteiger partial charge in [0.05, 0.1) is 55.8 Å². The van der Waals surface area contributed by atoms with Gasteiger partial charge in [-0.15, -0.1) is 0 Å². The second-order valence-corrected chi connectivity index (χ2v) is 23.3. The lowest BCUT2D eigenvalue weighted by molar-refractivity contribution is 0.591. The fourth-order valence-corrected chi connectivity index (χ4v) is 13.3. The summed E-state index contributed by atoms with van der Waals surface area (Å²) in [5.41, 5.74) is 21.3. The van der Waals surface area contributed by atoms with E-state index in [4.69, 9.17) is 0 Å². The van der Waals surface area contributed by atoms with Crippen LogP contribution in [0.2, 0.25) is 0 Å². The number of hydrogen-bond acceptors (Lipinski definition) is 2. The zero-order chi connectivity index (χ0) is 52.6. The molecule has 0 radical (unpaired) electrons. The molecule has 0 bridgehead atoms. The smallest absolute Gasteiger partial charge is 0.0641 e. The molecule has 0 spiro atoms. The molecule has 15 rings (SSSR count). The van der Waals surface area contributed by atoms with Crippen LogP contribution in [0.15, 0.2) is 243 Å². The van der Waals surface area contributed by atoms with Crippen LogP contribution < -0.4 is 9.80 Å². The van der Waals surface area contributed by atoms with Gasteiger partial charge in [0.15, 0.2) is 0 Å². The van der Waals surface area contributed by atoms with Gasteiger partial charge in [-0.25, -0.2) is 0 Å². The van der Waals surface area contributed by atoms with Crippen molar-refractivity contribution in [1.29, 1.82) is 0 Å². The van der Waals surface area contributed by atoms with E-state index in [1.807, 2.05) is 0 Å². The molecule has 374 valence electrons. The van der Waals surface area contributed by atoms with Crippen LogP contribution in [0.25, 0.3) is 98.4 Å². The van der Waals surface area contributed by atoms with Crippen LogP contribution in [0, 0.1) is 0 Å². The van der Waals surface area contributed by atoms with E-state index >= 15 is 0 Å². The number of rotatable bonds is 8. The van der Waals surface area contributed by atoms with E-state index in [2.05, 4.69) is 303 Å². The minimum absolute atomic E-state index is 0.155. The van der Waals surface area contributed by atoms with Crippen LogP contribution in [-0.2, 0) is 10.8 Å². The third-order valence-electron chi connectivity index (χ3n) is 16.6. The average molecular weight is 1000 g/mol. The van der Waals surface area contributed by atoms with Gasteiger partial charge in [-0.2, -0.15) is 0 Å². The number of para-hydroxylation sites is 6. The molecule has 0 atom stereocenters. The second kappa shape index (κ2) is 17.1. The van der Waals surface area contributed by atoms with Crippen molar-refractivity contribution in [3.05, 3.63) is 254 Å². The second-order valence-electron chi connectivity index (χ2n) is 23.3. The normalized spacial score (nSPS) is 12.5. The highest BCUT2D eigenvalue weighted by Gasteiger charge is 2.33. The predicted octanol–water partition coefficient (Wildman–Crippen LogP) is 20.9. The lowest BCUT2D eigenvalue weighted by atomic mass is 9.82. The topological polar surface area (TPSA) is 15.3 Å².